The molecule has 0 bridgehead atoms. The van der Waals surface area contributed by atoms with Gasteiger partial charge in [0.2, 0.25) is 0 Å². The van der Waals surface area contributed by atoms with Crippen molar-refractivity contribution in [3.63, 3.8) is 0 Å². The molecule has 1 N–H and O–H groups in total. The molecule has 1 aromatic rings. The lowest BCUT2D eigenvalue weighted by atomic mass is 10.1. The van der Waals surface area contributed by atoms with Gasteiger partial charge in [0.1, 0.15) is 0 Å². The molecule has 1 nitrogen and oxygen atoms in total. The van der Waals surface area contributed by atoms with Crippen molar-refractivity contribution in [3.05, 3.63) is 22.4 Å². The zero-order valence-corrected chi connectivity index (χ0v) is 9.53. The summed E-state index contributed by atoms with van der Waals surface area (Å²) in [6.07, 6.45) is 1.15. The van der Waals surface area contributed by atoms with Gasteiger partial charge >= 0.3 is 0 Å². The summed E-state index contributed by atoms with van der Waals surface area (Å²) in [5.74, 6) is 0.725. The van der Waals surface area contributed by atoms with E-state index in [-0.39, 0.29) is 0 Å². The Labute approximate surface area is 85.2 Å². The summed E-state index contributed by atoms with van der Waals surface area (Å²) < 4.78 is 0. The van der Waals surface area contributed by atoms with Crippen molar-refractivity contribution in [3.8, 4) is 0 Å². The van der Waals surface area contributed by atoms with E-state index in [1.54, 1.807) is 11.3 Å². The highest BCUT2D eigenvalue weighted by atomic mass is 32.1. The van der Waals surface area contributed by atoms with Gasteiger partial charge in [-0.15, -0.1) is 0 Å². The van der Waals surface area contributed by atoms with Crippen LogP contribution in [0.3, 0.4) is 0 Å². The second-order valence-corrected chi connectivity index (χ2v) is 4.65. The Morgan fingerprint density at radius 3 is 2.69 bits per heavy atom. The molecule has 0 aliphatic heterocycles. The minimum Gasteiger partial charge on any atom is -0.314 e. The first kappa shape index (κ1) is 10.7. The van der Waals surface area contributed by atoms with Gasteiger partial charge in [0, 0.05) is 6.04 Å². The Balaban J connectivity index is 2.14. The molecule has 0 radical (unpaired) electrons. The molecule has 0 amide bonds. The fraction of sp³-hybridized carbons (Fsp3) is 0.636. The minimum absolute atomic E-state index is 0.624. The first-order chi connectivity index (χ1) is 6.20. The van der Waals surface area contributed by atoms with Gasteiger partial charge in [0.15, 0.2) is 0 Å². The highest BCUT2D eigenvalue weighted by molar-refractivity contribution is 7.07. The lowest BCUT2D eigenvalue weighted by Crippen LogP contribution is -2.32. The van der Waals surface area contributed by atoms with E-state index in [0.29, 0.717) is 6.04 Å². The molecular formula is C11H19NS. The van der Waals surface area contributed by atoms with E-state index in [0.717, 1.165) is 18.9 Å². The van der Waals surface area contributed by atoms with E-state index in [9.17, 15) is 0 Å². The van der Waals surface area contributed by atoms with Crippen molar-refractivity contribution < 1.29 is 0 Å². The van der Waals surface area contributed by atoms with Crippen LogP contribution in [0.5, 0.6) is 0 Å². The van der Waals surface area contributed by atoms with Crippen LogP contribution in [0, 0.1) is 5.92 Å². The fourth-order valence-corrected chi connectivity index (χ4v) is 1.82. The molecule has 1 unspecified atom stereocenters. The maximum Gasteiger partial charge on any atom is 0.00618 e. The third kappa shape index (κ3) is 3.92. The summed E-state index contributed by atoms with van der Waals surface area (Å²) in [7, 11) is 0. The Morgan fingerprint density at radius 1 is 1.38 bits per heavy atom. The summed E-state index contributed by atoms with van der Waals surface area (Å²) in [6, 6.07) is 2.82. The number of hydrogen-bond acceptors (Lipinski definition) is 2. The molecule has 0 saturated heterocycles. The Hall–Kier alpha value is -0.340. The molecule has 0 aromatic carbocycles. The molecular weight excluding hydrogens is 178 g/mol. The first-order valence-corrected chi connectivity index (χ1v) is 5.89. The van der Waals surface area contributed by atoms with Crippen LogP contribution in [0.15, 0.2) is 16.8 Å². The van der Waals surface area contributed by atoms with Crippen LogP contribution in [0.25, 0.3) is 0 Å². The zero-order chi connectivity index (χ0) is 9.68. The van der Waals surface area contributed by atoms with Crippen LogP contribution in [0.4, 0.5) is 0 Å². The van der Waals surface area contributed by atoms with E-state index in [1.165, 1.54) is 5.56 Å². The standard InChI is InChI=1S/C11H19NS/c1-9(2)10(3)12-6-4-11-5-7-13-8-11/h5,7-10,12H,4,6H2,1-3H3. The maximum atomic E-state index is 3.52. The van der Waals surface area contributed by atoms with Gasteiger partial charge in [-0.05, 0) is 48.2 Å². The monoisotopic (exact) mass is 197 g/mol. The van der Waals surface area contributed by atoms with Crippen molar-refractivity contribution in [2.45, 2.75) is 33.2 Å². The Morgan fingerprint density at radius 2 is 2.15 bits per heavy atom. The summed E-state index contributed by atoms with van der Waals surface area (Å²) in [6.45, 7) is 7.85. The molecule has 1 heterocycles. The second kappa shape index (κ2) is 5.40. The first-order valence-electron chi connectivity index (χ1n) is 4.94. The normalized spacial score (nSPS) is 13.5. The molecule has 74 valence electrons. The number of rotatable bonds is 5. The van der Waals surface area contributed by atoms with Crippen LogP contribution in [-0.2, 0) is 6.42 Å². The van der Waals surface area contributed by atoms with E-state index in [2.05, 4.69) is 42.9 Å². The maximum absolute atomic E-state index is 3.52. The van der Waals surface area contributed by atoms with E-state index >= 15 is 0 Å². The molecule has 1 rings (SSSR count). The highest BCUT2D eigenvalue weighted by Crippen LogP contribution is 2.06. The average Bonchev–Trinajstić information content (AvgIpc) is 2.56. The van der Waals surface area contributed by atoms with Gasteiger partial charge in [-0.2, -0.15) is 11.3 Å². The summed E-state index contributed by atoms with van der Waals surface area (Å²) >= 11 is 1.78. The third-order valence-electron chi connectivity index (χ3n) is 2.46. The quantitative estimate of drug-likeness (QED) is 0.765. The van der Waals surface area contributed by atoms with Gasteiger partial charge in [-0.1, -0.05) is 13.8 Å². The molecule has 2 heteroatoms. The minimum atomic E-state index is 0.624. The molecule has 0 spiro atoms. The van der Waals surface area contributed by atoms with E-state index in [4.69, 9.17) is 0 Å². The van der Waals surface area contributed by atoms with Crippen LogP contribution in [0.2, 0.25) is 0 Å². The van der Waals surface area contributed by atoms with Crippen LogP contribution < -0.4 is 5.32 Å². The van der Waals surface area contributed by atoms with Crippen LogP contribution in [-0.4, -0.2) is 12.6 Å². The molecule has 13 heavy (non-hydrogen) atoms. The topological polar surface area (TPSA) is 12.0 Å². The average molecular weight is 197 g/mol. The largest absolute Gasteiger partial charge is 0.314 e. The smallest absolute Gasteiger partial charge is 0.00618 e. The van der Waals surface area contributed by atoms with E-state index in [1.807, 2.05) is 0 Å². The summed E-state index contributed by atoms with van der Waals surface area (Å²) in [4.78, 5) is 0. The van der Waals surface area contributed by atoms with Crippen molar-refractivity contribution in [1.82, 2.24) is 5.32 Å². The second-order valence-electron chi connectivity index (χ2n) is 3.87. The van der Waals surface area contributed by atoms with Crippen molar-refractivity contribution in [2.24, 2.45) is 5.92 Å². The van der Waals surface area contributed by atoms with Gasteiger partial charge in [-0.25, -0.2) is 0 Å². The summed E-state index contributed by atoms with van der Waals surface area (Å²) in [5, 5.41) is 7.89. The number of hydrogen-bond donors (Lipinski definition) is 1. The molecule has 1 aromatic heterocycles. The van der Waals surface area contributed by atoms with Crippen molar-refractivity contribution in [2.75, 3.05) is 6.54 Å². The number of nitrogens with one attached hydrogen (secondary N) is 1. The van der Waals surface area contributed by atoms with Crippen molar-refractivity contribution >= 4 is 11.3 Å². The van der Waals surface area contributed by atoms with Gasteiger partial charge in [0.25, 0.3) is 0 Å². The fourth-order valence-electron chi connectivity index (χ4n) is 1.11. The SMILES string of the molecule is CC(C)C(C)NCCc1ccsc1. The Bertz CT molecular complexity index is 216. The predicted octanol–water partition coefficient (Wildman–Crippen LogP) is 2.92. The molecule has 1 atom stereocenters. The van der Waals surface area contributed by atoms with Crippen LogP contribution >= 0.6 is 11.3 Å². The highest BCUT2D eigenvalue weighted by Gasteiger charge is 2.04. The van der Waals surface area contributed by atoms with Gasteiger partial charge in [0.05, 0.1) is 0 Å². The lowest BCUT2D eigenvalue weighted by molar-refractivity contribution is 0.430. The molecule has 0 saturated carbocycles. The predicted molar refractivity (Wildman–Crippen MR) is 60.3 cm³/mol. The molecule has 0 fully saturated rings. The summed E-state index contributed by atoms with van der Waals surface area (Å²) in [5.41, 5.74) is 1.45. The molecule has 0 aliphatic carbocycles. The van der Waals surface area contributed by atoms with E-state index < -0.39 is 0 Å². The zero-order valence-electron chi connectivity index (χ0n) is 8.71. The van der Waals surface area contributed by atoms with Crippen molar-refractivity contribution in [1.29, 1.82) is 0 Å². The van der Waals surface area contributed by atoms with Gasteiger partial charge < -0.3 is 5.32 Å². The third-order valence-corrected chi connectivity index (χ3v) is 3.19. The lowest BCUT2D eigenvalue weighted by Gasteiger charge is -2.16. The van der Waals surface area contributed by atoms with Gasteiger partial charge in [-0.3, -0.25) is 0 Å². The number of thiophene rings is 1. The molecule has 0 aliphatic rings. The van der Waals surface area contributed by atoms with Crippen LogP contribution in [0.1, 0.15) is 26.3 Å². The Kier molecular flexibility index (Phi) is 4.46.